The molecule has 1 aliphatic carbocycles. The van der Waals surface area contributed by atoms with E-state index in [1.165, 1.54) is 4.88 Å². The van der Waals surface area contributed by atoms with Gasteiger partial charge in [0.2, 0.25) is 5.28 Å². The van der Waals surface area contributed by atoms with Crippen molar-refractivity contribution in [1.29, 1.82) is 0 Å². The third-order valence-corrected chi connectivity index (χ3v) is 4.75. The maximum Gasteiger partial charge on any atom is 0.225 e. The summed E-state index contributed by atoms with van der Waals surface area (Å²) in [5.41, 5.74) is 0. The number of aryl methyl sites for hydroxylation is 1. The molecule has 1 aliphatic rings. The molecule has 4 nitrogen and oxygen atoms in total. The van der Waals surface area contributed by atoms with Crippen molar-refractivity contribution in [2.45, 2.75) is 32.3 Å². The van der Waals surface area contributed by atoms with Gasteiger partial charge in [-0.3, -0.25) is 0 Å². The number of aromatic nitrogens is 2. The molecule has 2 aromatic heterocycles. The summed E-state index contributed by atoms with van der Waals surface area (Å²) in [6, 6.07) is 2.10. The van der Waals surface area contributed by atoms with Crippen LogP contribution in [0.4, 0.5) is 5.82 Å². The Morgan fingerprint density at radius 1 is 1.53 bits per heavy atom. The zero-order valence-electron chi connectivity index (χ0n) is 10.7. The van der Waals surface area contributed by atoms with Crippen molar-refractivity contribution in [3.8, 4) is 0 Å². The van der Waals surface area contributed by atoms with Crippen LogP contribution >= 0.6 is 22.9 Å². The van der Waals surface area contributed by atoms with Gasteiger partial charge < -0.3 is 10.4 Å². The average molecular weight is 298 g/mol. The number of nitrogens with one attached hydrogen (secondary N) is 1. The molecule has 1 atom stereocenters. The molecular formula is C13H16ClN3OS. The SMILES string of the molecule is CCc1cc2c(NCC(O)C3CC3)nc(Cl)nc2s1. The highest BCUT2D eigenvalue weighted by Gasteiger charge is 2.29. The lowest BCUT2D eigenvalue weighted by Crippen LogP contribution is -2.21. The number of halogens is 1. The molecule has 0 radical (unpaired) electrons. The molecule has 0 aromatic carbocycles. The van der Waals surface area contributed by atoms with Crippen LogP contribution in [0.1, 0.15) is 24.6 Å². The van der Waals surface area contributed by atoms with Crippen LogP contribution in [0, 0.1) is 5.92 Å². The Hall–Kier alpha value is -0.910. The minimum atomic E-state index is -0.298. The zero-order valence-corrected chi connectivity index (χ0v) is 12.3. The first-order chi connectivity index (χ1) is 9.17. The van der Waals surface area contributed by atoms with E-state index < -0.39 is 0 Å². The fourth-order valence-electron chi connectivity index (χ4n) is 2.10. The van der Waals surface area contributed by atoms with Gasteiger partial charge in [-0.25, -0.2) is 9.97 Å². The summed E-state index contributed by atoms with van der Waals surface area (Å²) >= 11 is 7.59. The normalized spacial score (nSPS) is 16.8. The number of hydrogen-bond acceptors (Lipinski definition) is 5. The van der Waals surface area contributed by atoms with Gasteiger partial charge in [-0.15, -0.1) is 11.3 Å². The summed E-state index contributed by atoms with van der Waals surface area (Å²) in [6.07, 6.45) is 2.93. The van der Waals surface area contributed by atoms with Crippen molar-refractivity contribution in [1.82, 2.24) is 9.97 Å². The Morgan fingerprint density at radius 3 is 3.00 bits per heavy atom. The molecule has 0 aliphatic heterocycles. The van der Waals surface area contributed by atoms with Crippen LogP contribution in [0.3, 0.4) is 0 Å². The van der Waals surface area contributed by atoms with Crippen LogP contribution in [-0.2, 0) is 6.42 Å². The molecule has 1 unspecified atom stereocenters. The number of rotatable bonds is 5. The molecule has 19 heavy (non-hydrogen) atoms. The van der Waals surface area contributed by atoms with Crippen molar-refractivity contribution in [3.63, 3.8) is 0 Å². The van der Waals surface area contributed by atoms with E-state index in [2.05, 4.69) is 28.3 Å². The highest BCUT2D eigenvalue weighted by molar-refractivity contribution is 7.18. The number of thiophene rings is 1. The second-order valence-corrected chi connectivity index (χ2v) is 6.37. The molecule has 1 saturated carbocycles. The largest absolute Gasteiger partial charge is 0.391 e. The zero-order chi connectivity index (χ0) is 13.4. The summed E-state index contributed by atoms with van der Waals surface area (Å²) in [5, 5.41) is 14.4. The predicted octanol–water partition coefficient (Wildman–Crippen LogP) is 3.09. The topological polar surface area (TPSA) is 58.0 Å². The molecule has 0 amide bonds. The quantitative estimate of drug-likeness (QED) is 0.833. The lowest BCUT2D eigenvalue weighted by Gasteiger charge is -2.11. The van der Waals surface area contributed by atoms with Gasteiger partial charge in [-0.2, -0.15) is 0 Å². The molecule has 3 rings (SSSR count). The van der Waals surface area contributed by atoms with E-state index in [-0.39, 0.29) is 11.4 Å². The van der Waals surface area contributed by atoms with E-state index in [1.807, 2.05) is 0 Å². The van der Waals surface area contributed by atoms with Crippen molar-refractivity contribution in [3.05, 3.63) is 16.2 Å². The molecule has 2 heterocycles. The minimum Gasteiger partial charge on any atom is -0.391 e. The number of fused-ring (bicyclic) bond motifs is 1. The van der Waals surface area contributed by atoms with Gasteiger partial charge in [-0.05, 0) is 42.8 Å². The van der Waals surface area contributed by atoms with Gasteiger partial charge in [0.25, 0.3) is 0 Å². The fourth-order valence-corrected chi connectivity index (χ4v) is 3.29. The van der Waals surface area contributed by atoms with Crippen molar-refractivity contribution < 1.29 is 5.11 Å². The average Bonchev–Trinajstić information content (AvgIpc) is 3.15. The summed E-state index contributed by atoms with van der Waals surface area (Å²) in [6.45, 7) is 2.63. The van der Waals surface area contributed by atoms with E-state index in [9.17, 15) is 5.11 Å². The van der Waals surface area contributed by atoms with Gasteiger partial charge in [0.05, 0.1) is 11.5 Å². The van der Waals surface area contributed by atoms with Crippen LogP contribution in [0.25, 0.3) is 10.2 Å². The summed E-state index contributed by atoms with van der Waals surface area (Å²) in [5.74, 6) is 1.18. The van der Waals surface area contributed by atoms with Crippen LogP contribution in [0.15, 0.2) is 6.07 Å². The number of hydrogen-bond donors (Lipinski definition) is 2. The first-order valence-electron chi connectivity index (χ1n) is 6.55. The Kier molecular flexibility index (Phi) is 3.60. The number of nitrogens with zero attached hydrogens (tertiary/aromatic N) is 2. The maximum absolute atomic E-state index is 9.91. The number of aliphatic hydroxyl groups is 1. The van der Waals surface area contributed by atoms with Crippen molar-refractivity contribution in [2.75, 3.05) is 11.9 Å². The van der Waals surface area contributed by atoms with Crippen molar-refractivity contribution in [2.24, 2.45) is 5.92 Å². The predicted molar refractivity (Wildman–Crippen MR) is 79.0 cm³/mol. The number of anilines is 1. The summed E-state index contributed by atoms with van der Waals surface area (Å²) in [7, 11) is 0. The minimum absolute atomic E-state index is 0.250. The van der Waals surface area contributed by atoms with E-state index >= 15 is 0 Å². The molecule has 2 N–H and O–H groups in total. The standard InChI is InChI=1S/C13H16ClN3OS/c1-2-8-5-9-11(15-6-10(18)7-3-4-7)16-13(14)17-12(9)19-8/h5,7,10,18H,2-4,6H2,1H3,(H,15,16,17). The molecule has 0 bridgehead atoms. The Labute approximate surface area is 120 Å². The summed E-state index contributed by atoms with van der Waals surface area (Å²) < 4.78 is 0. The third kappa shape index (κ3) is 2.83. The van der Waals surface area contributed by atoms with Gasteiger partial charge in [0, 0.05) is 11.4 Å². The summed E-state index contributed by atoms with van der Waals surface area (Å²) in [4.78, 5) is 10.7. The molecule has 1 fully saturated rings. The highest BCUT2D eigenvalue weighted by atomic mass is 35.5. The van der Waals surface area contributed by atoms with E-state index in [4.69, 9.17) is 11.6 Å². The van der Waals surface area contributed by atoms with Gasteiger partial charge >= 0.3 is 0 Å². The molecular weight excluding hydrogens is 282 g/mol. The Balaban J connectivity index is 1.85. The van der Waals surface area contributed by atoms with Gasteiger partial charge in [-0.1, -0.05) is 6.92 Å². The first-order valence-corrected chi connectivity index (χ1v) is 7.74. The maximum atomic E-state index is 9.91. The van der Waals surface area contributed by atoms with E-state index in [0.717, 1.165) is 35.3 Å². The second kappa shape index (κ2) is 5.23. The molecule has 6 heteroatoms. The fraction of sp³-hybridized carbons (Fsp3) is 0.538. The molecule has 0 saturated heterocycles. The van der Waals surface area contributed by atoms with Crippen LogP contribution < -0.4 is 5.32 Å². The first kappa shape index (κ1) is 13.1. The molecule has 0 spiro atoms. The lowest BCUT2D eigenvalue weighted by atomic mass is 10.2. The van der Waals surface area contributed by atoms with Gasteiger partial charge in [0.1, 0.15) is 10.6 Å². The molecule has 102 valence electrons. The van der Waals surface area contributed by atoms with Crippen LogP contribution in [0.5, 0.6) is 0 Å². The smallest absolute Gasteiger partial charge is 0.225 e. The molecule has 2 aromatic rings. The third-order valence-electron chi connectivity index (χ3n) is 3.41. The second-order valence-electron chi connectivity index (χ2n) is 4.91. The highest BCUT2D eigenvalue weighted by Crippen LogP contribution is 2.33. The van der Waals surface area contributed by atoms with Crippen molar-refractivity contribution >= 4 is 39.0 Å². The van der Waals surface area contributed by atoms with E-state index in [1.54, 1.807) is 11.3 Å². The van der Waals surface area contributed by atoms with Gasteiger partial charge in [0.15, 0.2) is 0 Å². The lowest BCUT2D eigenvalue weighted by molar-refractivity contribution is 0.164. The number of aliphatic hydroxyl groups excluding tert-OH is 1. The van der Waals surface area contributed by atoms with E-state index in [0.29, 0.717) is 12.5 Å². The van der Waals surface area contributed by atoms with Crippen LogP contribution in [-0.4, -0.2) is 27.7 Å². The monoisotopic (exact) mass is 297 g/mol. The van der Waals surface area contributed by atoms with Crippen LogP contribution in [0.2, 0.25) is 5.28 Å². The Morgan fingerprint density at radius 2 is 2.32 bits per heavy atom. The Bertz CT molecular complexity index is 597.